The van der Waals surface area contributed by atoms with Gasteiger partial charge in [-0.15, -0.1) is 0 Å². The van der Waals surface area contributed by atoms with Crippen LogP contribution in [0.25, 0.3) is 11.1 Å². The summed E-state index contributed by atoms with van der Waals surface area (Å²) in [7, 11) is 0.414. The Labute approximate surface area is 265 Å². The van der Waals surface area contributed by atoms with Crippen molar-refractivity contribution in [1.29, 1.82) is 0 Å². The summed E-state index contributed by atoms with van der Waals surface area (Å²) in [6, 6.07) is 7.31. The Balaban J connectivity index is 1.59. The Morgan fingerprint density at radius 1 is 0.891 bits per heavy atom. The number of carbonyl (C=O) groups is 1. The molecule has 5 rings (SSSR count). The number of aryl methyl sites for hydroxylation is 1. The first-order valence-electron chi connectivity index (χ1n) is 14.7. The van der Waals surface area contributed by atoms with Gasteiger partial charge in [0.25, 0.3) is 0 Å². The summed E-state index contributed by atoms with van der Waals surface area (Å²) in [5.74, 6) is -0.634. The highest BCUT2D eigenvalue weighted by molar-refractivity contribution is 7.84. The quantitative estimate of drug-likeness (QED) is 0.250. The third-order valence-electron chi connectivity index (χ3n) is 9.28. The number of halogens is 7. The van der Waals surface area contributed by atoms with Gasteiger partial charge in [0.05, 0.1) is 28.4 Å². The zero-order valence-electron chi connectivity index (χ0n) is 25.9. The van der Waals surface area contributed by atoms with Crippen LogP contribution in [0, 0.1) is 12.7 Å². The topological polar surface area (TPSA) is 53.5 Å². The van der Waals surface area contributed by atoms with E-state index in [1.807, 2.05) is 0 Å². The van der Waals surface area contributed by atoms with E-state index in [1.54, 1.807) is 25.3 Å². The van der Waals surface area contributed by atoms with E-state index in [4.69, 9.17) is 0 Å². The molecular weight excluding hydrogens is 635 g/mol. The number of likely N-dealkylation sites (N-methyl/N-ethyl adjacent to an activating group) is 1. The SMILES string of the molecule is Cc1cc(F)ccc1-c1cc(N2C3CCC2CC(S(C)=O)C3)ncc1N(C)C(=O)C(C)(C)c1cc(C(F)(F)F)cc(C(F)(F)F)c1. The van der Waals surface area contributed by atoms with Crippen molar-refractivity contribution in [2.45, 2.75) is 81.6 Å². The van der Waals surface area contributed by atoms with E-state index in [-0.39, 0.29) is 29.1 Å². The Morgan fingerprint density at radius 3 is 1.93 bits per heavy atom. The number of rotatable bonds is 6. The van der Waals surface area contributed by atoms with Crippen molar-refractivity contribution < 1.29 is 39.7 Å². The predicted molar refractivity (Wildman–Crippen MR) is 164 cm³/mol. The number of anilines is 2. The molecule has 0 radical (unpaired) electrons. The van der Waals surface area contributed by atoms with Crippen molar-refractivity contribution in [3.63, 3.8) is 0 Å². The molecule has 2 fully saturated rings. The molecule has 3 aromatic rings. The Morgan fingerprint density at radius 2 is 1.43 bits per heavy atom. The van der Waals surface area contributed by atoms with Crippen LogP contribution in [0.1, 0.15) is 61.8 Å². The number of alkyl halides is 6. The molecule has 0 spiro atoms. The molecule has 46 heavy (non-hydrogen) atoms. The zero-order valence-corrected chi connectivity index (χ0v) is 26.7. The number of hydrogen-bond donors (Lipinski definition) is 0. The van der Waals surface area contributed by atoms with Crippen LogP contribution < -0.4 is 9.80 Å². The van der Waals surface area contributed by atoms with Gasteiger partial charge in [-0.2, -0.15) is 26.3 Å². The molecule has 5 nitrogen and oxygen atoms in total. The molecule has 2 aliphatic heterocycles. The van der Waals surface area contributed by atoms with Crippen LogP contribution in [0.4, 0.5) is 42.2 Å². The summed E-state index contributed by atoms with van der Waals surface area (Å²) in [5, 5.41) is 0.0755. The van der Waals surface area contributed by atoms with Crippen LogP contribution in [-0.2, 0) is 33.4 Å². The molecule has 2 aromatic carbocycles. The standard InChI is InChI=1S/C33H34F7N3O2S/c1-18-10-22(34)6-9-26(18)27-16-29(43-23-7-8-24(43)15-25(14-23)46(5)45)41-17-28(27)42(4)30(44)31(2,3)19-11-20(32(35,36)37)13-21(12-19)33(38,39)40/h6,9-13,16-17,23-25H,7-8,14-15H2,1-5H3. The highest BCUT2D eigenvalue weighted by Gasteiger charge is 2.44. The first-order valence-corrected chi connectivity index (χ1v) is 16.4. The van der Waals surface area contributed by atoms with Crippen molar-refractivity contribution in [3.8, 4) is 11.1 Å². The average molecular weight is 670 g/mol. The van der Waals surface area contributed by atoms with Crippen LogP contribution in [-0.4, -0.2) is 45.7 Å². The maximum atomic E-state index is 14.1. The number of hydrogen-bond acceptors (Lipinski definition) is 4. The summed E-state index contributed by atoms with van der Waals surface area (Å²) in [4.78, 5) is 22.1. The minimum Gasteiger partial charge on any atom is -0.351 e. The smallest absolute Gasteiger partial charge is 0.351 e. The lowest BCUT2D eigenvalue weighted by molar-refractivity contribution is -0.143. The lowest BCUT2D eigenvalue weighted by Crippen LogP contribution is -2.46. The van der Waals surface area contributed by atoms with E-state index in [2.05, 4.69) is 9.88 Å². The number of nitrogens with zero attached hydrogens (tertiary/aromatic N) is 3. The molecule has 13 heteroatoms. The maximum absolute atomic E-state index is 14.1. The number of pyridine rings is 1. The van der Waals surface area contributed by atoms with Crippen LogP contribution in [0.2, 0.25) is 0 Å². The molecule has 1 aromatic heterocycles. The van der Waals surface area contributed by atoms with Crippen molar-refractivity contribution in [2.24, 2.45) is 0 Å². The monoisotopic (exact) mass is 669 g/mol. The van der Waals surface area contributed by atoms with Gasteiger partial charge in [-0.25, -0.2) is 9.37 Å². The Kier molecular flexibility index (Phi) is 8.80. The molecule has 2 saturated heterocycles. The second-order valence-corrected chi connectivity index (χ2v) is 14.4. The third-order valence-corrected chi connectivity index (χ3v) is 10.6. The van der Waals surface area contributed by atoms with Gasteiger partial charge in [0.1, 0.15) is 11.6 Å². The predicted octanol–water partition coefficient (Wildman–Crippen LogP) is 8.05. The van der Waals surface area contributed by atoms with E-state index in [0.29, 0.717) is 34.6 Å². The number of benzene rings is 2. The molecule has 3 heterocycles. The van der Waals surface area contributed by atoms with Crippen molar-refractivity contribution in [3.05, 3.63) is 76.7 Å². The van der Waals surface area contributed by atoms with Crippen LogP contribution >= 0.6 is 0 Å². The van der Waals surface area contributed by atoms with Crippen LogP contribution in [0.5, 0.6) is 0 Å². The first-order chi connectivity index (χ1) is 21.3. The highest BCUT2D eigenvalue weighted by Crippen LogP contribution is 2.44. The average Bonchev–Trinajstić information content (AvgIpc) is 3.23. The van der Waals surface area contributed by atoms with Crippen LogP contribution in [0.3, 0.4) is 0 Å². The molecule has 0 N–H and O–H groups in total. The van der Waals surface area contributed by atoms with E-state index >= 15 is 0 Å². The first kappa shape index (κ1) is 33.9. The zero-order chi connectivity index (χ0) is 33.9. The van der Waals surface area contributed by atoms with Crippen LogP contribution in [0.15, 0.2) is 48.7 Å². The summed E-state index contributed by atoms with van der Waals surface area (Å²) in [6.07, 6.45) is -3.72. The van der Waals surface area contributed by atoms with Crippen molar-refractivity contribution in [2.75, 3.05) is 23.1 Å². The highest BCUT2D eigenvalue weighted by atomic mass is 32.2. The van der Waals surface area contributed by atoms with E-state index < -0.39 is 57.0 Å². The molecule has 248 valence electrons. The van der Waals surface area contributed by atoms with Gasteiger partial charge in [-0.05, 0) is 99.5 Å². The molecule has 0 saturated carbocycles. The number of fused-ring (bicyclic) bond motifs is 2. The third kappa shape index (κ3) is 6.39. The molecule has 2 aliphatic rings. The molecular formula is C33H34F7N3O2S. The molecule has 2 bridgehead atoms. The van der Waals surface area contributed by atoms with Crippen molar-refractivity contribution >= 4 is 28.2 Å². The fourth-order valence-corrected chi connectivity index (χ4v) is 7.72. The van der Waals surface area contributed by atoms with E-state index in [9.17, 15) is 39.7 Å². The molecule has 1 amide bonds. The van der Waals surface area contributed by atoms with Gasteiger partial charge in [-0.3, -0.25) is 9.00 Å². The van der Waals surface area contributed by atoms with E-state index in [0.717, 1.165) is 25.7 Å². The molecule has 3 unspecified atom stereocenters. The lowest BCUT2D eigenvalue weighted by atomic mass is 9.81. The Hall–Kier alpha value is -3.48. The van der Waals surface area contributed by atoms with Crippen molar-refractivity contribution in [1.82, 2.24) is 4.98 Å². The Bertz CT molecular complexity index is 1640. The lowest BCUT2D eigenvalue weighted by Gasteiger charge is -2.39. The summed E-state index contributed by atoms with van der Waals surface area (Å²) >= 11 is 0. The number of carbonyl (C=O) groups excluding carboxylic acids is 1. The summed E-state index contributed by atoms with van der Waals surface area (Å²) in [5.41, 5.74) is -3.45. The number of amides is 1. The van der Waals surface area contributed by atoms with Gasteiger partial charge in [0.2, 0.25) is 5.91 Å². The van der Waals surface area contributed by atoms with E-state index in [1.165, 1.54) is 44.1 Å². The molecule has 0 aliphatic carbocycles. The number of aromatic nitrogens is 1. The maximum Gasteiger partial charge on any atom is 0.416 e. The fraction of sp³-hybridized carbons (Fsp3) is 0.455. The van der Waals surface area contributed by atoms with Gasteiger partial charge in [0.15, 0.2) is 0 Å². The second-order valence-electron chi connectivity index (χ2n) is 12.7. The minimum absolute atomic E-state index is 0.0277. The summed E-state index contributed by atoms with van der Waals surface area (Å²) in [6.45, 7) is 4.23. The largest absolute Gasteiger partial charge is 0.416 e. The van der Waals surface area contributed by atoms with Gasteiger partial charge >= 0.3 is 12.4 Å². The summed E-state index contributed by atoms with van der Waals surface area (Å²) < 4.78 is 108. The van der Waals surface area contributed by atoms with Gasteiger partial charge in [0, 0.05) is 47.0 Å². The normalized spacial score (nSPS) is 21.0. The van der Waals surface area contributed by atoms with Gasteiger partial charge in [-0.1, -0.05) is 6.07 Å². The van der Waals surface area contributed by atoms with Gasteiger partial charge < -0.3 is 9.80 Å². The molecule has 3 atom stereocenters. The minimum atomic E-state index is -5.08. The second kappa shape index (κ2) is 12.0. The number of piperidine rings is 1. The fourth-order valence-electron chi connectivity index (χ4n) is 6.73.